The Bertz CT molecular complexity index is 8000. The van der Waals surface area contributed by atoms with E-state index >= 15 is 0 Å². The van der Waals surface area contributed by atoms with Crippen LogP contribution in [-0.2, 0) is 45.8 Å². The molecule has 4 saturated heterocycles. The molecule has 21 heterocycles. The smallest absolute Gasteiger partial charge is 0.188 e. The minimum atomic E-state index is -3.00. The van der Waals surface area contributed by atoms with Crippen molar-refractivity contribution in [1.82, 2.24) is 124 Å². The number of aromatic amines is 4. The number of sulfone groups is 4. The van der Waals surface area contributed by atoms with Crippen molar-refractivity contribution in [2.24, 2.45) is 0 Å². The molecular weight excluding hydrogens is 1710 g/mol. The maximum atomic E-state index is 12.0. The van der Waals surface area contributed by atoms with Gasteiger partial charge in [-0.2, -0.15) is 58.9 Å². The lowest BCUT2D eigenvalue weighted by atomic mass is 9.95. The van der Waals surface area contributed by atoms with E-state index in [0.717, 1.165) is 168 Å². The van der Waals surface area contributed by atoms with Crippen LogP contribution in [0.2, 0.25) is 0 Å². The topological polar surface area (TPSA) is 440 Å². The molecule has 129 heavy (non-hydrogen) atoms. The Labute approximate surface area is 737 Å². The molecule has 3 aromatic carbocycles. The molecule has 17 aromatic heterocycles. The van der Waals surface area contributed by atoms with Crippen molar-refractivity contribution < 1.29 is 33.7 Å². The number of fused-ring (bicyclic) bond motifs is 14. The molecule has 24 rings (SSSR count). The summed E-state index contributed by atoms with van der Waals surface area (Å²) in [7, 11) is -11.9. The van der Waals surface area contributed by atoms with Gasteiger partial charge in [0.25, 0.3) is 0 Å². The molecule has 4 aliphatic heterocycles. The summed E-state index contributed by atoms with van der Waals surface area (Å²) in [5.74, 6) is 2.36. The number of rotatable bonds is 11. The molecule has 4 N–H and O–H groups in total. The molecule has 650 valence electrons. The summed E-state index contributed by atoms with van der Waals surface area (Å²) in [6.45, 7) is 8.74. The predicted molar refractivity (Wildman–Crippen MR) is 494 cm³/mol. The zero-order chi connectivity index (χ0) is 88.2. The van der Waals surface area contributed by atoms with E-state index in [0.29, 0.717) is 91.1 Å². The van der Waals surface area contributed by atoms with Crippen LogP contribution < -0.4 is 4.90 Å². The van der Waals surface area contributed by atoms with Gasteiger partial charge in [-0.1, -0.05) is 85.8 Å². The summed E-state index contributed by atoms with van der Waals surface area (Å²) in [6, 6.07) is 42.0. The average molecular weight is 1800 g/mol. The molecule has 0 atom stereocenters. The first kappa shape index (κ1) is 81.9. The highest BCUT2D eigenvalue weighted by Gasteiger charge is 2.35. The monoisotopic (exact) mass is 1800 g/mol. The first-order valence-corrected chi connectivity index (χ1v) is 49.9. The van der Waals surface area contributed by atoms with E-state index in [1.165, 1.54) is 0 Å². The van der Waals surface area contributed by atoms with Gasteiger partial charge in [0.15, 0.2) is 55.0 Å². The minimum Gasteiger partial charge on any atom is -0.354 e. The van der Waals surface area contributed by atoms with Gasteiger partial charge in [-0.25, -0.2) is 53.6 Å². The quantitative estimate of drug-likeness (QED) is 0.0934. The van der Waals surface area contributed by atoms with Crippen LogP contribution in [0.3, 0.4) is 0 Å². The molecule has 0 unspecified atom stereocenters. The number of nitrogens with zero attached hydrogens (tertiary/aromatic N) is 22. The van der Waals surface area contributed by atoms with E-state index in [1.54, 1.807) is 49.0 Å². The van der Waals surface area contributed by atoms with E-state index < -0.39 is 39.3 Å². The first-order chi connectivity index (χ1) is 62.5. The molecule has 0 bridgehead atoms. The Morgan fingerprint density at radius 1 is 0.341 bits per heavy atom. The normalized spacial score (nSPS) is 16.6. The third-order valence-corrected chi connectivity index (χ3v) is 31.8. The van der Waals surface area contributed by atoms with Gasteiger partial charge in [0, 0.05) is 157 Å². The number of para-hydroxylation sites is 2. The standard InChI is InChI=1S/C24H22N6O2S.C23H21N7O2S.C23H22N6O2S.C21H19N7O2S/c1-15-21-22(17-9-11-33(31,32)12-10-17)27-23-19(14-26-30(23)24(21)29-28-15)18-7-8-20(25-13-18)16-5-3-2-4-6-16;1-14-20-21(15-6-9-33(31,32)10-7-15)27-22-18(13-26-30(22)23(20)29-28-14)16-4-5-19(25-12-16)17-3-2-8-24-11-17;1-2-18-20-21(14-7-9-32(30,31)10-8-14)26-22-17(13-25-29(22)23(20)28-27-18)16-11-15-5-3-4-6-19(15)24-12-16;1-13-18-20(27-6-8-31(29,30)9-7-27)24-19-16(12-23-28(19)21(18)26-25-13)15-10-14-4-2-3-5-17(14)22-11-15/h2-8,13-14,17H,9-12H2,1H3,(H,28,29);2-5,8,11-13,15H,6-7,9-10H2,1H3,(H,28,29);3-6,11-14H,2,7-10H2,1H3,(H,27,28);2-5,10-12H,6-9H2,1H3,(H,25,26). The van der Waals surface area contributed by atoms with Crippen LogP contribution in [0, 0.1) is 20.8 Å². The third-order valence-electron chi connectivity index (χ3n) is 25.1. The molecule has 4 aliphatic rings. The maximum absolute atomic E-state index is 12.0. The molecule has 34 nitrogen and oxygen atoms in total. The number of hydrogen-bond donors (Lipinski definition) is 4. The second kappa shape index (κ2) is 32.6. The number of aryl methyl sites for hydroxylation is 4. The molecule has 0 saturated carbocycles. The fourth-order valence-corrected chi connectivity index (χ4v) is 23.7. The minimum absolute atomic E-state index is 0.0613. The summed E-state index contributed by atoms with van der Waals surface area (Å²) in [6.07, 6.45) is 22.2. The zero-order valence-corrected chi connectivity index (χ0v) is 73.7. The Morgan fingerprint density at radius 2 is 0.713 bits per heavy atom. The van der Waals surface area contributed by atoms with Crippen molar-refractivity contribution in [2.45, 2.75) is 90.4 Å². The van der Waals surface area contributed by atoms with Gasteiger partial charge in [0.05, 0.1) is 132 Å². The molecule has 20 aromatic rings. The second-order valence-electron chi connectivity index (χ2n) is 33.2. The predicted octanol–water partition coefficient (Wildman–Crippen LogP) is 13.3. The van der Waals surface area contributed by atoms with Crippen molar-refractivity contribution in [3.8, 4) is 67.0 Å². The van der Waals surface area contributed by atoms with Crippen LogP contribution in [0.4, 0.5) is 5.82 Å². The fraction of sp³-hybridized carbons (Fsp3) is 0.264. The second-order valence-corrected chi connectivity index (χ2v) is 42.4. The van der Waals surface area contributed by atoms with Crippen LogP contribution in [0.1, 0.15) is 103 Å². The van der Waals surface area contributed by atoms with Crippen LogP contribution in [-0.4, -0.2) is 217 Å². The Kier molecular flexibility index (Phi) is 20.7. The van der Waals surface area contributed by atoms with Gasteiger partial charge in [-0.05, 0) is 114 Å². The van der Waals surface area contributed by atoms with Gasteiger partial charge < -0.3 is 4.90 Å². The summed E-state index contributed by atoms with van der Waals surface area (Å²) in [4.78, 5) is 44.8. The molecule has 0 amide bonds. The van der Waals surface area contributed by atoms with Gasteiger partial charge in [0.1, 0.15) is 35.3 Å². The van der Waals surface area contributed by atoms with Gasteiger partial charge in [-0.15, -0.1) is 0 Å². The number of H-pyrrole nitrogens is 4. The van der Waals surface area contributed by atoms with Crippen LogP contribution in [0.5, 0.6) is 0 Å². The van der Waals surface area contributed by atoms with Crippen LogP contribution in [0.15, 0.2) is 189 Å². The molecule has 0 radical (unpaired) electrons. The molecule has 0 aliphatic carbocycles. The van der Waals surface area contributed by atoms with Crippen molar-refractivity contribution in [2.75, 3.05) is 64.0 Å². The number of hydrogen-bond acceptors (Lipinski definition) is 26. The number of aromatic nitrogens is 25. The van der Waals surface area contributed by atoms with Crippen LogP contribution in [0.25, 0.3) is 156 Å². The molecular formula is C91H84N26O8S4. The number of benzene rings is 3. The van der Waals surface area contributed by atoms with Gasteiger partial charge >= 0.3 is 0 Å². The Hall–Kier alpha value is -14.1. The SMILES string of the molecule is CCc1[nH]nc2c1c(C1CCS(=O)(=O)CC1)nc1c(-c3cnc4ccccc4c3)cnn12.Cc1[nH]nc2c1c(C1CCS(=O)(=O)CC1)nc1c(-c3ccc(-c4ccccc4)nc3)cnn12.Cc1[nH]nc2c1c(C1CCS(=O)(=O)CC1)nc1c(-c3ccc(-c4cccnc4)nc3)cnn12.Cc1[nH]nc2c1c(N1CCS(=O)(=O)CC1)nc1c(-c3cnc4ccccc4c3)cnn12. The summed E-state index contributed by atoms with van der Waals surface area (Å²) >= 11 is 0. The van der Waals surface area contributed by atoms with Crippen molar-refractivity contribution >= 4 is 134 Å². The summed E-state index contributed by atoms with van der Waals surface area (Å²) < 4.78 is 103. The van der Waals surface area contributed by atoms with Gasteiger partial charge in [-0.3, -0.25) is 45.3 Å². The van der Waals surface area contributed by atoms with E-state index in [4.69, 9.17) is 19.9 Å². The van der Waals surface area contributed by atoms with Crippen molar-refractivity contribution in [1.29, 1.82) is 0 Å². The third kappa shape index (κ3) is 15.4. The van der Waals surface area contributed by atoms with Crippen molar-refractivity contribution in [3.63, 3.8) is 0 Å². The zero-order valence-electron chi connectivity index (χ0n) is 70.4. The maximum Gasteiger partial charge on any atom is 0.188 e. The van der Waals surface area contributed by atoms with Crippen LogP contribution >= 0.6 is 0 Å². The van der Waals surface area contributed by atoms with E-state index in [9.17, 15) is 33.7 Å². The molecule has 0 spiro atoms. The molecule has 4 fully saturated rings. The average Bonchev–Trinajstić information content (AvgIpc) is 1.61. The number of pyridine rings is 5. The van der Waals surface area contributed by atoms with E-state index in [2.05, 4.69) is 105 Å². The molecule has 38 heteroatoms. The first-order valence-electron chi connectivity index (χ1n) is 42.6. The van der Waals surface area contributed by atoms with E-state index in [-0.39, 0.29) is 63.8 Å². The Morgan fingerprint density at radius 3 is 1.15 bits per heavy atom. The number of anilines is 1. The lowest BCUT2D eigenvalue weighted by Crippen LogP contribution is -2.40. The highest BCUT2D eigenvalue weighted by Crippen LogP contribution is 2.42. The lowest BCUT2D eigenvalue weighted by Gasteiger charge is -2.28. The van der Waals surface area contributed by atoms with E-state index in [1.807, 2.05) is 172 Å². The highest BCUT2D eigenvalue weighted by atomic mass is 32.2. The fourth-order valence-electron chi connectivity index (χ4n) is 18.1. The summed E-state index contributed by atoms with van der Waals surface area (Å²) in [5.41, 5.74) is 24.7. The lowest BCUT2D eigenvalue weighted by molar-refractivity contribution is 0.545. The van der Waals surface area contributed by atoms with Gasteiger partial charge in [0.2, 0.25) is 0 Å². The Balaban J connectivity index is 0.000000104. The highest BCUT2D eigenvalue weighted by molar-refractivity contribution is 7.92. The largest absolute Gasteiger partial charge is 0.354 e. The van der Waals surface area contributed by atoms with Crippen molar-refractivity contribution in [3.05, 3.63) is 229 Å². The summed E-state index contributed by atoms with van der Waals surface area (Å²) in [5, 5.41) is 54.4. The number of nitrogens with one attached hydrogen (secondary N) is 4.